The van der Waals surface area contributed by atoms with Gasteiger partial charge in [0.05, 0.1) is 5.69 Å². The van der Waals surface area contributed by atoms with Gasteiger partial charge in [-0.25, -0.2) is 4.98 Å². The van der Waals surface area contributed by atoms with Crippen LogP contribution < -0.4 is 16.0 Å². The molecule has 0 aliphatic carbocycles. The molecule has 0 aliphatic rings. The predicted molar refractivity (Wildman–Crippen MR) is 200 cm³/mol. The van der Waals surface area contributed by atoms with Crippen LogP contribution >= 0.6 is 34.7 Å². The monoisotopic (exact) mass is 700 g/mol. The normalized spacial score (nSPS) is 11.7. The molecule has 1 heterocycles. The Morgan fingerprint density at radius 1 is 0.755 bits per heavy atom. The summed E-state index contributed by atoms with van der Waals surface area (Å²) in [7, 11) is 0. The lowest BCUT2D eigenvalue weighted by Gasteiger charge is -2.17. The molecule has 0 bridgehead atoms. The summed E-state index contributed by atoms with van der Waals surface area (Å²) in [6.07, 6.45) is 1.63. The van der Waals surface area contributed by atoms with E-state index in [1.165, 1.54) is 23.1 Å². The number of nitrogens with zero attached hydrogens (tertiary/aromatic N) is 1. The summed E-state index contributed by atoms with van der Waals surface area (Å²) in [4.78, 5) is 45.7. The molecule has 6 rings (SSSR count). The molecule has 0 saturated carbocycles. The molecule has 7 nitrogen and oxygen atoms in total. The van der Waals surface area contributed by atoms with Crippen molar-refractivity contribution in [1.82, 2.24) is 10.3 Å². The number of thioether (sulfide) groups is 1. The fraction of sp³-hybridized carbons (Fsp3) is 0.0256. The molecule has 10 heteroatoms. The molecule has 0 saturated heterocycles. The first-order valence-electron chi connectivity index (χ1n) is 15.2. The summed E-state index contributed by atoms with van der Waals surface area (Å²) < 4.78 is 0. The zero-order valence-corrected chi connectivity index (χ0v) is 28.3. The van der Waals surface area contributed by atoms with Gasteiger partial charge in [0.15, 0.2) is 5.13 Å². The number of hydrogen-bond acceptors (Lipinski definition) is 6. The molecular formula is C39H29ClN4O3S2. The second kappa shape index (κ2) is 16.1. The summed E-state index contributed by atoms with van der Waals surface area (Å²) in [6, 6.07) is 42.1. The summed E-state index contributed by atoms with van der Waals surface area (Å²) in [5.74, 6) is -1.13. The zero-order valence-electron chi connectivity index (χ0n) is 25.9. The topological polar surface area (TPSA) is 100 Å². The Morgan fingerprint density at radius 2 is 1.43 bits per heavy atom. The minimum atomic E-state index is -0.617. The second-order valence-corrected chi connectivity index (χ2v) is 13.2. The van der Waals surface area contributed by atoms with E-state index in [1.54, 1.807) is 60.7 Å². The van der Waals surface area contributed by atoms with E-state index in [4.69, 9.17) is 11.6 Å². The van der Waals surface area contributed by atoms with E-state index in [9.17, 15) is 14.4 Å². The average Bonchev–Trinajstić information content (AvgIpc) is 3.60. The van der Waals surface area contributed by atoms with Crippen molar-refractivity contribution in [3.05, 3.63) is 172 Å². The highest BCUT2D eigenvalue weighted by atomic mass is 35.5. The molecule has 6 aromatic rings. The lowest BCUT2D eigenvalue weighted by atomic mass is 10.1. The van der Waals surface area contributed by atoms with Gasteiger partial charge in [0.1, 0.15) is 10.9 Å². The van der Waals surface area contributed by atoms with Crippen molar-refractivity contribution in [3.63, 3.8) is 0 Å². The molecule has 3 amide bonds. The molecule has 0 radical (unpaired) electrons. The van der Waals surface area contributed by atoms with Gasteiger partial charge in [-0.1, -0.05) is 109 Å². The Balaban J connectivity index is 1.20. The van der Waals surface area contributed by atoms with Gasteiger partial charge in [-0.15, -0.1) is 23.1 Å². The van der Waals surface area contributed by atoms with Gasteiger partial charge in [-0.3, -0.25) is 14.4 Å². The van der Waals surface area contributed by atoms with Gasteiger partial charge in [0, 0.05) is 32.1 Å². The lowest BCUT2D eigenvalue weighted by molar-refractivity contribution is -0.116. The highest BCUT2D eigenvalue weighted by molar-refractivity contribution is 8.00. The second-order valence-electron chi connectivity index (χ2n) is 10.7. The number of carbonyl (C=O) groups is 3. The quantitative estimate of drug-likeness (QED) is 0.0924. The van der Waals surface area contributed by atoms with Gasteiger partial charge in [-0.05, 0) is 59.7 Å². The van der Waals surface area contributed by atoms with Crippen LogP contribution in [0.15, 0.2) is 155 Å². The molecule has 1 aromatic heterocycles. The van der Waals surface area contributed by atoms with Gasteiger partial charge in [0.2, 0.25) is 5.91 Å². The Hall–Kier alpha value is -5.48. The maximum atomic E-state index is 13.8. The van der Waals surface area contributed by atoms with E-state index < -0.39 is 17.1 Å². The maximum absolute atomic E-state index is 13.8. The van der Waals surface area contributed by atoms with Crippen LogP contribution in [0, 0.1) is 0 Å². The van der Waals surface area contributed by atoms with Crippen molar-refractivity contribution in [2.45, 2.75) is 10.1 Å². The Kier molecular flexibility index (Phi) is 11.0. The molecule has 1 atom stereocenters. The summed E-state index contributed by atoms with van der Waals surface area (Å²) in [5.41, 5.74) is 4.22. The number of amides is 3. The number of halogens is 1. The van der Waals surface area contributed by atoms with Crippen LogP contribution in [0.4, 0.5) is 10.8 Å². The predicted octanol–water partition coefficient (Wildman–Crippen LogP) is 9.35. The zero-order chi connectivity index (χ0) is 34.0. The SMILES string of the molecule is O=C(Nc1cccc(SC(C(=O)Nc2nc(-c3ccc(Cl)cc3)cs2)c2ccccc2)c1)/C(=C/c1ccccc1)NC(=O)c1ccccc1. The third kappa shape index (κ3) is 9.11. The third-order valence-corrected chi connectivity index (χ3v) is 9.46. The molecule has 0 spiro atoms. The van der Waals surface area contributed by atoms with Crippen LogP contribution in [0.1, 0.15) is 26.7 Å². The Labute approximate surface area is 297 Å². The van der Waals surface area contributed by atoms with Crippen molar-refractivity contribution in [3.8, 4) is 11.3 Å². The number of carbonyl (C=O) groups excluding carboxylic acids is 3. The number of nitrogens with one attached hydrogen (secondary N) is 3. The highest BCUT2D eigenvalue weighted by Crippen LogP contribution is 2.38. The first-order valence-corrected chi connectivity index (χ1v) is 17.3. The standard InChI is InChI=1S/C39H29ClN4O3S2/c40-30-21-19-27(20-22-30)34-25-48-39(43-34)44-38(47)35(28-13-6-2-7-14-28)49-32-18-10-17-31(24-32)41-37(46)33(23-26-11-4-1-5-12-26)42-36(45)29-15-8-3-9-16-29/h1-25,35H,(H,41,46)(H,42,45)(H,43,44,47)/b33-23-. The van der Waals surface area contributed by atoms with Crippen molar-refractivity contribution in [2.24, 2.45) is 0 Å². The van der Waals surface area contributed by atoms with Crippen molar-refractivity contribution < 1.29 is 14.4 Å². The highest BCUT2D eigenvalue weighted by Gasteiger charge is 2.24. The minimum absolute atomic E-state index is 0.0843. The molecule has 242 valence electrons. The fourth-order valence-electron chi connectivity index (χ4n) is 4.80. The number of rotatable bonds is 11. The van der Waals surface area contributed by atoms with E-state index in [2.05, 4.69) is 20.9 Å². The largest absolute Gasteiger partial charge is 0.321 e. The van der Waals surface area contributed by atoms with E-state index in [0.29, 0.717) is 21.4 Å². The van der Waals surface area contributed by atoms with E-state index in [0.717, 1.165) is 27.3 Å². The van der Waals surface area contributed by atoms with Crippen molar-refractivity contribution in [1.29, 1.82) is 0 Å². The summed E-state index contributed by atoms with van der Waals surface area (Å²) in [5, 5.41) is 11.0. The van der Waals surface area contributed by atoms with Gasteiger partial charge in [-0.2, -0.15) is 0 Å². The molecule has 3 N–H and O–H groups in total. The van der Waals surface area contributed by atoms with Crippen LogP contribution in [0.2, 0.25) is 5.02 Å². The lowest BCUT2D eigenvalue weighted by Crippen LogP contribution is -2.30. The molecular weight excluding hydrogens is 672 g/mol. The van der Waals surface area contributed by atoms with Gasteiger partial charge < -0.3 is 16.0 Å². The number of thiazole rings is 1. The van der Waals surface area contributed by atoms with Crippen molar-refractivity contribution >= 4 is 69.3 Å². The molecule has 0 aliphatic heterocycles. The smallest absolute Gasteiger partial charge is 0.272 e. The van der Waals surface area contributed by atoms with Crippen LogP contribution in [0.25, 0.3) is 17.3 Å². The number of hydrogen-bond donors (Lipinski definition) is 3. The Bertz CT molecular complexity index is 2090. The number of benzene rings is 5. The molecule has 0 fully saturated rings. The van der Waals surface area contributed by atoms with Gasteiger partial charge >= 0.3 is 0 Å². The van der Waals surface area contributed by atoms with Crippen LogP contribution in [-0.4, -0.2) is 22.7 Å². The summed E-state index contributed by atoms with van der Waals surface area (Å²) >= 11 is 8.73. The average molecular weight is 701 g/mol. The van der Waals surface area contributed by atoms with Crippen LogP contribution in [0.5, 0.6) is 0 Å². The molecule has 5 aromatic carbocycles. The third-order valence-electron chi connectivity index (χ3n) is 7.20. The van der Waals surface area contributed by atoms with Crippen molar-refractivity contribution in [2.75, 3.05) is 10.6 Å². The van der Waals surface area contributed by atoms with Crippen LogP contribution in [0.3, 0.4) is 0 Å². The van der Waals surface area contributed by atoms with E-state index in [1.807, 2.05) is 90.3 Å². The summed E-state index contributed by atoms with van der Waals surface area (Å²) in [6.45, 7) is 0. The minimum Gasteiger partial charge on any atom is -0.321 e. The first kappa shape index (κ1) is 33.4. The van der Waals surface area contributed by atoms with E-state index in [-0.39, 0.29) is 11.6 Å². The number of anilines is 2. The Morgan fingerprint density at radius 3 is 2.14 bits per heavy atom. The maximum Gasteiger partial charge on any atom is 0.272 e. The molecule has 1 unspecified atom stereocenters. The van der Waals surface area contributed by atoms with E-state index >= 15 is 0 Å². The molecule has 49 heavy (non-hydrogen) atoms. The fourth-order valence-corrected chi connectivity index (χ4v) is 6.73. The van der Waals surface area contributed by atoms with Crippen LogP contribution in [-0.2, 0) is 9.59 Å². The number of aromatic nitrogens is 1. The van der Waals surface area contributed by atoms with Gasteiger partial charge in [0.25, 0.3) is 11.8 Å². The first-order chi connectivity index (χ1) is 23.9.